The van der Waals surface area contributed by atoms with Crippen molar-refractivity contribution in [3.05, 3.63) is 75.3 Å². The third kappa shape index (κ3) is 4.20. The van der Waals surface area contributed by atoms with Crippen molar-refractivity contribution in [1.29, 1.82) is 0 Å². The van der Waals surface area contributed by atoms with Gasteiger partial charge in [-0.1, -0.05) is 18.7 Å². The Balaban J connectivity index is 1.65. The summed E-state index contributed by atoms with van der Waals surface area (Å²) in [5.74, 6) is 1.49. The van der Waals surface area contributed by atoms with Crippen LogP contribution in [0.3, 0.4) is 0 Å². The molecule has 0 amide bonds. The molecule has 0 aliphatic heterocycles. The van der Waals surface area contributed by atoms with Crippen LogP contribution in [-0.4, -0.2) is 28.2 Å². The van der Waals surface area contributed by atoms with Crippen LogP contribution in [-0.2, 0) is 13.0 Å². The van der Waals surface area contributed by atoms with Crippen molar-refractivity contribution < 1.29 is 13.9 Å². The van der Waals surface area contributed by atoms with Crippen molar-refractivity contribution in [1.82, 2.24) is 9.55 Å². The molecule has 3 heterocycles. The highest BCUT2D eigenvalue weighted by atomic mass is 32.2. The first-order chi connectivity index (χ1) is 14.6. The summed E-state index contributed by atoms with van der Waals surface area (Å²) in [4.78, 5) is 32.3. The third-order valence-corrected chi connectivity index (χ3v) is 6.80. The zero-order valence-corrected chi connectivity index (χ0v) is 18.2. The monoisotopic (exact) mass is 440 g/mol. The summed E-state index contributed by atoms with van der Waals surface area (Å²) in [6.45, 7) is 2.32. The summed E-state index contributed by atoms with van der Waals surface area (Å²) in [5, 5.41) is 1.12. The van der Waals surface area contributed by atoms with Gasteiger partial charge in [-0.05, 0) is 48.9 Å². The van der Waals surface area contributed by atoms with Gasteiger partial charge in [-0.25, -0.2) is 4.98 Å². The molecular formula is C22H20N2O4S2. The maximum Gasteiger partial charge on any atom is 0.263 e. The number of aromatic nitrogens is 2. The molecule has 0 saturated heterocycles. The van der Waals surface area contributed by atoms with E-state index in [0.29, 0.717) is 32.4 Å². The van der Waals surface area contributed by atoms with Crippen LogP contribution in [0, 0.1) is 0 Å². The number of thiophene rings is 1. The summed E-state index contributed by atoms with van der Waals surface area (Å²) in [6, 6.07) is 12.5. The molecule has 0 radical (unpaired) electrons. The van der Waals surface area contributed by atoms with Crippen molar-refractivity contribution in [3.63, 3.8) is 0 Å². The van der Waals surface area contributed by atoms with E-state index >= 15 is 0 Å². The van der Waals surface area contributed by atoms with Crippen LogP contribution in [0.25, 0.3) is 10.2 Å². The minimum atomic E-state index is -0.119. The number of benzene rings is 1. The van der Waals surface area contributed by atoms with Crippen LogP contribution in [0.4, 0.5) is 0 Å². The zero-order valence-electron chi connectivity index (χ0n) is 16.6. The molecule has 1 aromatic carbocycles. The largest absolute Gasteiger partial charge is 0.497 e. The summed E-state index contributed by atoms with van der Waals surface area (Å²) in [6.07, 6.45) is 2.42. The number of ether oxygens (including phenoxy) is 1. The lowest BCUT2D eigenvalue weighted by Gasteiger charge is -2.10. The topological polar surface area (TPSA) is 74.3 Å². The molecule has 6 nitrogen and oxygen atoms in total. The molecule has 0 spiro atoms. The second kappa shape index (κ2) is 8.89. The summed E-state index contributed by atoms with van der Waals surface area (Å²) < 4.78 is 12.1. The minimum absolute atomic E-state index is 0.0398. The van der Waals surface area contributed by atoms with E-state index in [1.807, 2.05) is 12.1 Å². The number of thioether (sulfide) groups is 1. The number of nitrogens with zero attached hydrogens (tertiary/aromatic N) is 2. The number of fused-ring (bicyclic) bond motifs is 1. The highest BCUT2D eigenvalue weighted by Gasteiger charge is 2.17. The number of carbonyl (C=O) groups is 1. The molecule has 0 aliphatic rings. The van der Waals surface area contributed by atoms with Crippen molar-refractivity contribution in [2.75, 3.05) is 12.9 Å². The normalized spacial score (nSPS) is 11.1. The summed E-state index contributed by atoms with van der Waals surface area (Å²) in [7, 11) is 1.58. The van der Waals surface area contributed by atoms with Crippen LogP contribution < -0.4 is 10.3 Å². The van der Waals surface area contributed by atoms with E-state index in [4.69, 9.17) is 14.1 Å². The van der Waals surface area contributed by atoms with Gasteiger partial charge >= 0.3 is 0 Å². The lowest BCUT2D eigenvalue weighted by Crippen LogP contribution is -2.23. The zero-order chi connectivity index (χ0) is 21.1. The van der Waals surface area contributed by atoms with Crippen LogP contribution in [0.2, 0.25) is 0 Å². The summed E-state index contributed by atoms with van der Waals surface area (Å²) >= 11 is 2.78. The minimum Gasteiger partial charge on any atom is -0.497 e. The van der Waals surface area contributed by atoms with Gasteiger partial charge in [0.05, 0.1) is 31.1 Å². The molecule has 0 bridgehead atoms. The number of furan rings is 1. The van der Waals surface area contributed by atoms with Crippen LogP contribution in [0.15, 0.2) is 63.1 Å². The molecular weight excluding hydrogens is 420 g/mol. The predicted molar refractivity (Wildman–Crippen MR) is 119 cm³/mol. The number of ketones is 1. The Bertz CT molecular complexity index is 1220. The average Bonchev–Trinajstić information content (AvgIpc) is 3.44. The molecule has 3 aromatic heterocycles. The van der Waals surface area contributed by atoms with Gasteiger partial charge in [-0.2, -0.15) is 0 Å². The Morgan fingerprint density at radius 3 is 2.73 bits per heavy atom. The average molecular weight is 441 g/mol. The van der Waals surface area contributed by atoms with Gasteiger partial charge in [0.15, 0.2) is 10.9 Å². The number of methoxy groups -OCH3 is 1. The first kappa shape index (κ1) is 20.4. The van der Waals surface area contributed by atoms with Gasteiger partial charge in [0.2, 0.25) is 0 Å². The Labute approximate surface area is 181 Å². The first-order valence-electron chi connectivity index (χ1n) is 9.44. The molecule has 0 unspecified atom stereocenters. The molecule has 0 saturated carbocycles. The fourth-order valence-corrected chi connectivity index (χ4v) is 4.92. The van der Waals surface area contributed by atoms with Gasteiger partial charge in [0.25, 0.3) is 5.56 Å². The van der Waals surface area contributed by atoms with E-state index in [9.17, 15) is 9.59 Å². The Morgan fingerprint density at radius 1 is 1.27 bits per heavy atom. The molecule has 4 aromatic rings. The lowest BCUT2D eigenvalue weighted by molar-refractivity contribution is 0.102. The maximum atomic E-state index is 13.2. The van der Waals surface area contributed by atoms with Gasteiger partial charge in [-0.15, -0.1) is 11.3 Å². The van der Waals surface area contributed by atoms with Crippen LogP contribution >= 0.6 is 23.1 Å². The second-order valence-corrected chi connectivity index (χ2v) is 8.65. The van der Waals surface area contributed by atoms with Crippen molar-refractivity contribution in [2.24, 2.45) is 0 Å². The molecule has 4 rings (SSSR count). The maximum absolute atomic E-state index is 13.2. The van der Waals surface area contributed by atoms with Crippen molar-refractivity contribution >= 4 is 39.1 Å². The SMILES string of the molecule is CCc1cc2c(=O)n(Cc3ccco3)c(SCC(=O)c3ccc(OC)cc3)nc2s1. The Morgan fingerprint density at radius 2 is 2.07 bits per heavy atom. The van der Waals surface area contributed by atoms with Gasteiger partial charge in [-0.3, -0.25) is 14.2 Å². The van der Waals surface area contributed by atoms with E-state index in [1.165, 1.54) is 23.1 Å². The second-order valence-electron chi connectivity index (χ2n) is 6.59. The number of aryl methyl sites for hydroxylation is 1. The van der Waals surface area contributed by atoms with Gasteiger partial charge in [0, 0.05) is 10.4 Å². The highest BCUT2D eigenvalue weighted by Crippen LogP contribution is 2.26. The summed E-state index contributed by atoms with van der Waals surface area (Å²) in [5.41, 5.74) is 0.473. The van der Waals surface area contributed by atoms with E-state index in [-0.39, 0.29) is 23.6 Å². The fourth-order valence-electron chi connectivity index (χ4n) is 3.02. The van der Waals surface area contributed by atoms with Crippen LogP contribution in [0.1, 0.15) is 27.9 Å². The van der Waals surface area contributed by atoms with E-state index in [2.05, 4.69) is 6.92 Å². The standard InChI is InChI=1S/C22H20N2O4S2/c1-3-17-11-18-20(30-17)23-22(24(21(18)26)12-16-5-4-10-28-16)29-13-19(25)14-6-8-15(27-2)9-7-14/h4-11H,3,12-13H2,1-2H3. The molecule has 8 heteroatoms. The van der Waals surface area contributed by atoms with Crippen molar-refractivity contribution in [2.45, 2.75) is 25.0 Å². The quantitative estimate of drug-likeness (QED) is 0.226. The predicted octanol–water partition coefficient (Wildman–Crippen LogP) is 4.65. The van der Waals surface area contributed by atoms with Gasteiger partial charge < -0.3 is 9.15 Å². The fraction of sp³-hybridized carbons (Fsp3) is 0.227. The van der Waals surface area contributed by atoms with E-state index < -0.39 is 0 Å². The molecule has 154 valence electrons. The highest BCUT2D eigenvalue weighted by molar-refractivity contribution is 7.99. The van der Waals surface area contributed by atoms with Gasteiger partial charge in [0.1, 0.15) is 16.3 Å². The number of carbonyl (C=O) groups excluding carboxylic acids is 1. The number of Topliss-reactive ketones (excluding diaryl/α,β-unsaturated/α-hetero) is 1. The number of hydrogen-bond donors (Lipinski definition) is 0. The lowest BCUT2D eigenvalue weighted by atomic mass is 10.1. The third-order valence-electron chi connectivity index (χ3n) is 4.65. The molecule has 0 N–H and O–H groups in total. The van der Waals surface area contributed by atoms with E-state index in [0.717, 1.165) is 11.3 Å². The van der Waals surface area contributed by atoms with E-state index in [1.54, 1.807) is 48.3 Å². The van der Waals surface area contributed by atoms with Crippen molar-refractivity contribution in [3.8, 4) is 5.75 Å². The molecule has 30 heavy (non-hydrogen) atoms. The Hall–Kier alpha value is -2.84. The number of rotatable bonds is 8. The van der Waals surface area contributed by atoms with Crippen LogP contribution in [0.5, 0.6) is 5.75 Å². The molecule has 0 fully saturated rings. The molecule has 0 aliphatic carbocycles. The number of hydrogen-bond acceptors (Lipinski definition) is 7. The Kier molecular flexibility index (Phi) is 6.06. The smallest absolute Gasteiger partial charge is 0.263 e. The molecule has 0 atom stereocenters. The first-order valence-corrected chi connectivity index (χ1v) is 11.2.